The number of carboxylic acids is 1. The quantitative estimate of drug-likeness (QED) is 0.785. The van der Waals surface area contributed by atoms with Crippen molar-refractivity contribution in [2.24, 2.45) is 5.14 Å². The number of rotatable bonds is 2. The van der Waals surface area contributed by atoms with Crippen LogP contribution in [0.5, 0.6) is 0 Å². The Morgan fingerprint density at radius 1 is 1.44 bits per heavy atom. The minimum Gasteiger partial charge on any atom is -0.481 e. The zero-order valence-electron chi connectivity index (χ0n) is 8.38. The molecule has 6 heteroatoms. The van der Waals surface area contributed by atoms with Gasteiger partial charge in [-0.1, -0.05) is 6.07 Å². The summed E-state index contributed by atoms with van der Waals surface area (Å²) < 4.78 is 22.3. The summed E-state index contributed by atoms with van der Waals surface area (Å²) in [4.78, 5) is 10.9. The highest BCUT2D eigenvalue weighted by atomic mass is 32.2. The summed E-state index contributed by atoms with van der Waals surface area (Å²) in [5.74, 6) is -1.54. The van der Waals surface area contributed by atoms with Crippen LogP contribution in [0.1, 0.15) is 23.5 Å². The van der Waals surface area contributed by atoms with E-state index in [4.69, 9.17) is 10.2 Å². The Labute approximate surface area is 92.9 Å². The molecule has 2 rings (SSSR count). The number of nitrogens with two attached hydrogens (primary N) is 1. The third kappa shape index (κ3) is 1.81. The molecule has 1 unspecified atom stereocenters. The molecule has 0 spiro atoms. The molecule has 5 nitrogen and oxygen atoms in total. The van der Waals surface area contributed by atoms with E-state index in [0.717, 1.165) is 5.56 Å². The minimum atomic E-state index is -3.77. The number of sulfonamides is 1. The average Bonchev–Trinajstić information content (AvgIpc) is 2.58. The summed E-state index contributed by atoms with van der Waals surface area (Å²) >= 11 is 0. The largest absolute Gasteiger partial charge is 0.481 e. The van der Waals surface area contributed by atoms with E-state index in [0.29, 0.717) is 18.4 Å². The summed E-state index contributed by atoms with van der Waals surface area (Å²) in [6, 6.07) is 4.42. The van der Waals surface area contributed by atoms with Crippen LogP contribution in [0.4, 0.5) is 0 Å². The van der Waals surface area contributed by atoms with Crippen molar-refractivity contribution in [1.29, 1.82) is 0 Å². The maximum Gasteiger partial charge on any atom is 0.310 e. The van der Waals surface area contributed by atoms with Crippen molar-refractivity contribution in [3.05, 3.63) is 29.3 Å². The lowest BCUT2D eigenvalue weighted by atomic mass is 10.0. The highest BCUT2D eigenvalue weighted by Crippen LogP contribution is 2.34. The average molecular weight is 241 g/mol. The molecular formula is C10H11NO4S. The van der Waals surface area contributed by atoms with Gasteiger partial charge in [-0.05, 0) is 36.1 Å². The van der Waals surface area contributed by atoms with Gasteiger partial charge in [0.1, 0.15) is 0 Å². The van der Waals surface area contributed by atoms with E-state index in [1.165, 1.54) is 12.1 Å². The van der Waals surface area contributed by atoms with Gasteiger partial charge >= 0.3 is 5.97 Å². The molecule has 0 saturated carbocycles. The number of hydrogen-bond acceptors (Lipinski definition) is 3. The van der Waals surface area contributed by atoms with Crippen LogP contribution in [0.2, 0.25) is 0 Å². The van der Waals surface area contributed by atoms with Crippen molar-refractivity contribution in [2.75, 3.05) is 0 Å². The zero-order valence-corrected chi connectivity index (χ0v) is 9.20. The molecule has 0 amide bonds. The number of aliphatic carboxylic acids is 1. The first-order valence-corrected chi connectivity index (χ1v) is 6.32. The number of fused-ring (bicyclic) bond motifs is 1. The number of aryl methyl sites for hydroxylation is 1. The first-order chi connectivity index (χ1) is 7.39. The van der Waals surface area contributed by atoms with E-state index < -0.39 is 21.9 Å². The molecule has 1 atom stereocenters. The molecule has 0 radical (unpaired) electrons. The number of carboxylic acid groups (broad SMARTS) is 1. The lowest BCUT2D eigenvalue weighted by molar-refractivity contribution is -0.138. The Morgan fingerprint density at radius 2 is 2.12 bits per heavy atom. The normalized spacial score (nSPS) is 19.4. The molecule has 3 N–H and O–H groups in total. The van der Waals surface area contributed by atoms with Crippen LogP contribution in [0.25, 0.3) is 0 Å². The molecule has 0 aromatic heterocycles. The summed E-state index contributed by atoms with van der Waals surface area (Å²) in [5, 5.41) is 14.0. The molecular weight excluding hydrogens is 230 g/mol. The summed E-state index contributed by atoms with van der Waals surface area (Å²) in [6.07, 6.45) is 1.18. The second-order valence-electron chi connectivity index (χ2n) is 3.84. The number of benzene rings is 1. The van der Waals surface area contributed by atoms with Crippen LogP contribution in [-0.4, -0.2) is 19.5 Å². The first-order valence-electron chi connectivity index (χ1n) is 4.78. The molecule has 1 aromatic carbocycles. The number of carbonyl (C=O) groups is 1. The molecule has 86 valence electrons. The summed E-state index contributed by atoms with van der Waals surface area (Å²) in [6.45, 7) is 0. The van der Waals surface area contributed by atoms with Crippen LogP contribution in [-0.2, 0) is 21.2 Å². The fraction of sp³-hybridized carbons (Fsp3) is 0.300. The maximum absolute atomic E-state index is 11.1. The zero-order chi connectivity index (χ0) is 11.9. The fourth-order valence-electron chi connectivity index (χ4n) is 2.01. The highest BCUT2D eigenvalue weighted by Gasteiger charge is 2.29. The van der Waals surface area contributed by atoms with Crippen molar-refractivity contribution in [1.82, 2.24) is 0 Å². The Hall–Kier alpha value is -1.40. The van der Waals surface area contributed by atoms with E-state index in [1.807, 2.05) is 0 Å². The SMILES string of the molecule is NS(=O)(=O)c1ccc2c(c1)C(C(=O)O)CC2. The van der Waals surface area contributed by atoms with Crippen molar-refractivity contribution >= 4 is 16.0 Å². The van der Waals surface area contributed by atoms with E-state index in [2.05, 4.69) is 0 Å². The maximum atomic E-state index is 11.1. The molecule has 0 fully saturated rings. The highest BCUT2D eigenvalue weighted by molar-refractivity contribution is 7.89. The monoisotopic (exact) mass is 241 g/mol. The molecule has 0 saturated heterocycles. The molecule has 16 heavy (non-hydrogen) atoms. The standard InChI is InChI=1S/C10H11NO4S/c11-16(14,15)7-3-1-6-2-4-8(10(12)13)9(6)5-7/h1,3,5,8H,2,4H2,(H,12,13)(H2,11,14,15). The van der Waals surface area contributed by atoms with Gasteiger partial charge in [-0.15, -0.1) is 0 Å². The fourth-order valence-corrected chi connectivity index (χ4v) is 2.56. The Kier molecular flexibility index (Phi) is 2.47. The Bertz CT molecular complexity index is 550. The van der Waals surface area contributed by atoms with Crippen LogP contribution in [0.3, 0.4) is 0 Å². The van der Waals surface area contributed by atoms with Gasteiger partial charge in [0.15, 0.2) is 0 Å². The van der Waals surface area contributed by atoms with Gasteiger partial charge in [-0.3, -0.25) is 4.79 Å². The first kappa shape index (κ1) is 11.1. The number of primary sulfonamides is 1. The van der Waals surface area contributed by atoms with Crippen LogP contribution in [0.15, 0.2) is 23.1 Å². The minimum absolute atomic E-state index is 0.0283. The molecule has 0 bridgehead atoms. The van der Waals surface area contributed by atoms with Gasteiger partial charge in [-0.2, -0.15) is 0 Å². The molecule has 1 aliphatic rings. The van der Waals surface area contributed by atoms with Crippen molar-refractivity contribution < 1.29 is 18.3 Å². The van der Waals surface area contributed by atoms with Gasteiger partial charge in [0, 0.05) is 0 Å². The number of hydrogen-bond donors (Lipinski definition) is 2. The van der Waals surface area contributed by atoms with Crippen LogP contribution in [0, 0.1) is 0 Å². The van der Waals surface area contributed by atoms with Crippen molar-refractivity contribution in [2.45, 2.75) is 23.7 Å². The lowest BCUT2D eigenvalue weighted by Gasteiger charge is -2.07. The van der Waals surface area contributed by atoms with E-state index in [9.17, 15) is 13.2 Å². The van der Waals surface area contributed by atoms with Gasteiger partial charge in [0.05, 0.1) is 10.8 Å². The lowest BCUT2D eigenvalue weighted by Crippen LogP contribution is -2.13. The van der Waals surface area contributed by atoms with Gasteiger partial charge in [0.25, 0.3) is 0 Å². The Morgan fingerprint density at radius 3 is 2.69 bits per heavy atom. The molecule has 1 aliphatic carbocycles. The van der Waals surface area contributed by atoms with Crippen molar-refractivity contribution in [3.63, 3.8) is 0 Å². The predicted octanol–water partition coefficient (Wildman–Crippen LogP) is 0.448. The predicted molar refractivity (Wildman–Crippen MR) is 56.5 cm³/mol. The summed E-state index contributed by atoms with van der Waals surface area (Å²) in [7, 11) is -3.77. The van der Waals surface area contributed by atoms with E-state index in [-0.39, 0.29) is 4.90 Å². The molecule has 0 aliphatic heterocycles. The Balaban J connectivity index is 2.54. The van der Waals surface area contributed by atoms with Gasteiger partial charge in [-0.25, -0.2) is 13.6 Å². The molecule has 0 heterocycles. The smallest absolute Gasteiger partial charge is 0.310 e. The van der Waals surface area contributed by atoms with E-state index >= 15 is 0 Å². The molecule has 1 aromatic rings. The van der Waals surface area contributed by atoms with E-state index in [1.54, 1.807) is 6.07 Å². The third-order valence-corrected chi connectivity index (χ3v) is 3.73. The van der Waals surface area contributed by atoms with Crippen LogP contribution >= 0.6 is 0 Å². The second-order valence-corrected chi connectivity index (χ2v) is 5.40. The van der Waals surface area contributed by atoms with Gasteiger partial charge in [0.2, 0.25) is 10.0 Å². The third-order valence-electron chi connectivity index (χ3n) is 2.82. The summed E-state index contributed by atoms with van der Waals surface area (Å²) in [5.41, 5.74) is 1.46. The van der Waals surface area contributed by atoms with Gasteiger partial charge < -0.3 is 5.11 Å². The van der Waals surface area contributed by atoms with Crippen molar-refractivity contribution in [3.8, 4) is 0 Å². The second kappa shape index (κ2) is 3.57. The topological polar surface area (TPSA) is 97.5 Å². The van der Waals surface area contributed by atoms with Crippen LogP contribution < -0.4 is 5.14 Å².